The Balaban J connectivity index is 1.78. The van der Waals surface area contributed by atoms with Crippen molar-refractivity contribution < 1.29 is 22.4 Å². The molecule has 8 nitrogen and oxygen atoms in total. The van der Waals surface area contributed by atoms with Crippen molar-refractivity contribution in [1.82, 2.24) is 4.31 Å². The second-order valence-electron chi connectivity index (χ2n) is 6.31. The fourth-order valence-corrected chi connectivity index (χ4v) is 4.49. The largest absolute Gasteiger partial charge is 0.460 e. The molecule has 1 aliphatic heterocycles. The molecule has 2 heterocycles. The number of rotatable bonds is 7. The van der Waals surface area contributed by atoms with Crippen LogP contribution in [0.25, 0.3) is 6.08 Å². The summed E-state index contributed by atoms with van der Waals surface area (Å²) in [6.45, 7) is 0.00222. The molecule has 2 aromatic rings. The number of hydrogen-bond acceptors (Lipinski definition) is 7. The molecule has 1 aromatic heterocycles. The number of carbonyl (C=O) groups is 2. The molecule has 1 aromatic carbocycles. The Hall–Kier alpha value is -2.58. The van der Waals surface area contributed by atoms with Crippen LogP contribution in [0.2, 0.25) is 5.02 Å². The minimum absolute atomic E-state index is 0.0433. The van der Waals surface area contributed by atoms with E-state index in [1.165, 1.54) is 12.1 Å². The van der Waals surface area contributed by atoms with Crippen LogP contribution < -0.4 is 4.90 Å². The normalized spacial score (nSPS) is 15.9. The van der Waals surface area contributed by atoms with Crippen LogP contribution in [0.5, 0.6) is 0 Å². The van der Waals surface area contributed by atoms with Crippen LogP contribution in [0, 0.1) is 11.3 Å². The van der Waals surface area contributed by atoms with Crippen molar-refractivity contribution in [2.24, 2.45) is 0 Å². The van der Waals surface area contributed by atoms with E-state index in [9.17, 15) is 18.0 Å². The Morgan fingerprint density at radius 2 is 2.07 bits per heavy atom. The van der Waals surface area contributed by atoms with Crippen LogP contribution in [0.4, 0.5) is 10.5 Å². The Labute approximate surface area is 182 Å². The monoisotopic (exact) mass is 465 g/mol. The highest BCUT2D eigenvalue weighted by Crippen LogP contribution is 2.36. The number of sulfonamides is 1. The summed E-state index contributed by atoms with van der Waals surface area (Å²) in [6.07, 6.45) is 2.54. The van der Waals surface area contributed by atoms with Crippen molar-refractivity contribution in [1.29, 1.82) is 5.26 Å². The molecule has 0 aliphatic carbocycles. The van der Waals surface area contributed by atoms with E-state index in [1.54, 1.807) is 30.3 Å². The smallest absolute Gasteiger partial charge is 0.298 e. The van der Waals surface area contributed by atoms with Gasteiger partial charge in [-0.2, -0.15) is 9.57 Å². The molecule has 3 rings (SSSR count). The van der Waals surface area contributed by atoms with E-state index in [1.807, 2.05) is 6.07 Å². The topological polar surface area (TPSA) is 112 Å². The second kappa shape index (κ2) is 9.06. The molecule has 2 amide bonds. The number of hydrogen-bond donors (Lipinski definition) is 0. The molecule has 1 aliphatic rings. The summed E-state index contributed by atoms with van der Waals surface area (Å²) in [5.74, 6) is 0.144. The third-order valence-electron chi connectivity index (χ3n) is 4.09. The number of nitrogens with zero attached hydrogens (tertiary/aromatic N) is 3. The Morgan fingerprint density at radius 1 is 1.30 bits per heavy atom. The van der Waals surface area contributed by atoms with Crippen molar-refractivity contribution >= 4 is 56.3 Å². The van der Waals surface area contributed by atoms with Gasteiger partial charge >= 0.3 is 0 Å². The summed E-state index contributed by atoms with van der Waals surface area (Å²) >= 11 is 6.71. The second-order valence-corrected chi connectivity index (χ2v) is 9.72. The molecule has 0 radical (unpaired) electrons. The Morgan fingerprint density at radius 3 is 2.73 bits per heavy atom. The zero-order chi connectivity index (χ0) is 21.9. The van der Waals surface area contributed by atoms with Gasteiger partial charge in [0.2, 0.25) is 10.0 Å². The fourth-order valence-electron chi connectivity index (χ4n) is 2.70. The van der Waals surface area contributed by atoms with Crippen molar-refractivity contribution in [2.45, 2.75) is 13.0 Å². The van der Waals surface area contributed by atoms with E-state index >= 15 is 0 Å². The van der Waals surface area contributed by atoms with Crippen LogP contribution in [0.15, 0.2) is 45.7 Å². The van der Waals surface area contributed by atoms with E-state index in [0.29, 0.717) is 22.2 Å². The summed E-state index contributed by atoms with van der Waals surface area (Å²) in [5.41, 5.74) is 0.370. The molecule has 1 saturated heterocycles. The van der Waals surface area contributed by atoms with E-state index in [4.69, 9.17) is 21.3 Å². The summed E-state index contributed by atoms with van der Waals surface area (Å²) in [7, 11) is -3.52. The predicted octanol–water partition coefficient (Wildman–Crippen LogP) is 3.85. The number of carbonyl (C=O) groups excluding carboxylic acids is 2. The summed E-state index contributed by atoms with van der Waals surface area (Å²) in [5, 5.41) is 8.64. The molecular formula is C19H16ClN3O5S2. The Kier molecular flexibility index (Phi) is 6.67. The number of imide groups is 1. The fraction of sp³-hybridized carbons (Fsp3) is 0.211. The molecular weight excluding hydrogens is 450 g/mol. The van der Waals surface area contributed by atoms with Gasteiger partial charge in [0.1, 0.15) is 11.5 Å². The minimum Gasteiger partial charge on any atom is -0.460 e. The van der Waals surface area contributed by atoms with Crippen LogP contribution in [-0.4, -0.2) is 36.7 Å². The molecule has 0 unspecified atom stereocenters. The number of benzene rings is 1. The average molecular weight is 466 g/mol. The molecule has 0 bridgehead atoms. The lowest BCUT2D eigenvalue weighted by atomic mass is 10.3. The molecule has 11 heteroatoms. The first-order chi connectivity index (χ1) is 14.2. The lowest BCUT2D eigenvalue weighted by Gasteiger charge is -2.16. The Bertz CT molecular complexity index is 1170. The summed E-state index contributed by atoms with van der Waals surface area (Å²) in [6, 6.07) is 11.5. The maximum Gasteiger partial charge on any atom is 0.298 e. The van der Waals surface area contributed by atoms with E-state index < -0.39 is 21.2 Å². The van der Waals surface area contributed by atoms with Crippen molar-refractivity contribution in [2.75, 3.05) is 17.7 Å². The van der Waals surface area contributed by atoms with Gasteiger partial charge in [-0.15, -0.1) is 0 Å². The highest BCUT2D eigenvalue weighted by Gasteiger charge is 2.36. The van der Waals surface area contributed by atoms with Gasteiger partial charge in [-0.3, -0.25) is 9.59 Å². The number of amides is 2. The number of anilines is 1. The molecule has 1 fully saturated rings. The van der Waals surface area contributed by atoms with E-state index in [-0.39, 0.29) is 24.4 Å². The first kappa shape index (κ1) is 22.1. The molecule has 0 atom stereocenters. The van der Waals surface area contributed by atoms with E-state index in [2.05, 4.69) is 0 Å². The molecule has 30 heavy (non-hydrogen) atoms. The van der Waals surface area contributed by atoms with Gasteiger partial charge in [0.25, 0.3) is 11.1 Å². The SMILES string of the molecule is CS(=O)(=O)N(CCC#N)Cc1ccc(/C=C2\SC(=O)N(c3cccc(Cl)c3)C2=O)o1. The van der Waals surface area contributed by atoms with Crippen LogP contribution >= 0.6 is 23.4 Å². The lowest BCUT2D eigenvalue weighted by Crippen LogP contribution is -2.30. The van der Waals surface area contributed by atoms with Gasteiger partial charge in [-0.05, 0) is 42.1 Å². The number of halogens is 1. The van der Waals surface area contributed by atoms with Crippen molar-refractivity contribution in [3.05, 3.63) is 57.8 Å². The van der Waals surface area contributed by atoms with Gasteiger partial charge in [0.05, 0.1) is 29.5 Å². The third-order valence-corrected chi connectivity index (χ3v) is 6.44. The number of nitriles is 1. The predicted molar refractivity (Wildman–Crippen MR) is 114 cm³/mol. The molecule has 156 valence electrons. The van der Waals surface area contributed by atoms with Crippen LogP contribution in [0.1, 0.15) is 17.9 Å². The van der Waals surface area contributed by atoms with Gasteiger partial charge < -0.3 is 4.42 Å². The first-order valence-electron chi connectivity index (χ1n) is 8.63. The van der Waals surface area contributed by atoms with Gasteiger partial charge in [-0.25, -0.2) is 13.3 Å². The molecule has 0 N–H and O–H groups in total. The number of furan rings is 1. The molecule has 0 saturated carbocycles. The highest BCUT2D eigenvalue weighted by molar-refractivity contribution is 8.19. The zero-order valence-corrected chi connectivity index (χ0v) is 18.1. The summed E-state index contributed by atoms with van der Waals surface area (Å²) < 4.78 is 30.5. The quantitative estimate of drug-likeness (QED) is 0.571. The van der Waals surface area contributed by atoms with Crippen LogP contribution in [-0.2, 0) is 21.4 Å². The standard InChI is InChI=1S/C19H16ClN3O5S2/c1-30(26,27)22(9-3-8-21)12-16-7-6-15(28-16)11-17-18(24)23(19(25)29-17)14-5-2-4-13(20)10-14/h2,4-7,10-11H,3,9,12H2,1H3/b17-11-. The minimum atomic E-state index is -3.52. The highest BCUT2D eigenvalue weighted by atomic mass is 35.5. The summed E-state index contributed by atoms with van der Waals surface area (Å²) in [4.78, 5) is 26.2. The van der Waals surface area contributed by atoms with Gasteiger partial charge in [-0.1, -0.05) is 17.7 Å². The maximum atomic E-state index is 12.7. The maximum absolute atomic E-state index is 12.7. The third kappa shape index (κ3) is 5.12. The van der Waals surface area contributed by atoms with E-state index in [0.717, 1.165) is 27.2 Å². The van der Waals surface area contributed by atoms with Gasteiger partial charge in [0, 0.05) is 24.1 Å². The first-order valence-corrected chi connectivity index (χ1v) is 11.7. The van der Waals surface area contributed by atoms with Crippen molar-refractivity contribution in [3.63, 3.8) is 0 Å². The van der Waals surface area contributed by atoms with Gasteiger partial charge in [0.15, 0.2) is 0 Å². The average Bonchev–Trinajstić information content (AvgIpc) is 3.21. The molecule has 0 spiro atoms. The number of thioether (sulfide) groups is 1. The lowest BCUT2D eigenvalue weighted by molar-refractivity contribution is -0.113. The van der Waals surface area contributed by atoms with Crippen molar-refractivity contribution in [3.8, 4) is 6.07 Å². The zero-order valence-electron chi connectivity index (χ0n) is 15.7. The van der Waals surface area contributed by atoms with Crippen LogP contribution in [0.3, 0.4) is 0 Å².